The van der Waals surface area contributed by atoms with E-state index in [1.807, 2.05) is 13.8 Å². The Morgan fingerprint density at radius 2 is 1.79 bits per heavy atom. The molecule has 134 valence electrons. The van der Waals surface area contributed by atoms with Crippen LogP contribution in [0.15, 0.2) is 24.3 Å². The Morgan fingerprint density at radius 3 is 2.33 bits per heavy atom. The zero-order chi connectivity index (χ0) is 18.3. The van der Waals surface area contributed by atoms with Gasteiger partial charge < -0.3 is 10.6 Å². The molecule has 0 unspecified atom stereocenters. The minimum absolute atomic E-state index is 0.00450. The summed E-state index contributed by atoms with van der Waals surface area (Å²) >= 11 is 0. The molecule has 0 bridgehead atoms. The normalized spacial score (nSPS) is 11.7. The zero-order valence-corrected chi connectivity index (χ0v) is 13.9. The van der Waals surface area contributed by atoms with Crippen molar-refractivity contribution in [3.05, 3.63) is 29.8 Å². The number of amides is 2. The highest BCUT2D eigenvalue weighted by Crippen LogP contribution is 2.30. The van der Waals surface area contributed by atoms with Crippen LogP contribution < -0.4 is 10.6 Å². The second kappa shape index (κ2) is 8.68. The summed E-state index contributed by atoms with van der Waals surface area (Å²) in [5.41, 5.74) is -0.763. The number of nitrogens with one attached hydrogen (secondary N) is 2. The largest absolute Gasteiger partial charge is 0.416 e. The first-order valence-corrected chi connectivity index (χ1v) is 7.60. The minimum Gasteiger partial charge on any atom is -0.353 e. The van der Waals surface area contributed by atoms with Gasteiger partial charge in [0.2, 0.25) is 11.8 Å². The van der Waals surface area contributed by atoms with Crippen LogP contribution in [0.2, 0.25) is 0 Å². The Kier molecular flexibility index (Phi) is 7.21. The molecule has 1 aromatic carbocycles. The number of rotatable bonds is 7. The van der Waals surface area contributed by atoms with Gasteiger partial charge in [0, 0.05) is 11.7 Å². The lowest BCUT2D eigenvalue weighted by molar-refractivity contribution is -0.137. The van der Waals surface area contributed by atoms with Crippen LogP contribution in [-0.4, -0.2) is 42.4 Å². The summed E-state index contributed by atoms with van der Waals surface area (Å²) in [6.45, 7) is 5.87. The number of hydrogen-bond acceptors (Lipinski definition) is 3. The highest BCUT2D eigenvalue weighted by atomic mass is 19.4. The van der Waals surface area contributed by atoms with E-state index in [2.05, 4.69) is 10.6 Å². The molecule has 2 N–H and O–H groups in total. The van der Waals surface area contributed by atoms with Crippen LogP contribution in [0.1, 0.15) is 26.3 Å². The van der Waals surface area contributed by atoms with E-state index < -0.39 is 17.6 Å². The smallest absolute Gasteiger partial charge is 0.353 e. The second-order valence-electron chi connectivity index (χ2n) is 5.65. The number of alkyl halides is 3. The van der Waals surface area contributed by atoms with Gasteiger partial charge in [-0.3, -0.25) is 14.5 Å². The van der Waals surface area contributed by atoms with Crippen molar-refractivity contribution in [2.24, 2.45) is 0 Å². The number of benzene rings is 1. The number of carbonyl (C=O) groups is 2. The molecule has 5 nitrogen and oxygen atoms in total. The molecule has 1 aromatic rings. The van der Waals surface area contributed by atoms with Gasteiger partial charge in [0.05, 0.1) is 18.7 Å². The highest BCUT2D eigenvalue weighted by molar-refractivity contribution is 5.92. The molecule has 0 saturated carbocycles. The molecule has 0 spiro atoms. The molecule has 2 amide bonds. The SMILES string of the molecule is CCN(CC(=O)Nc1cccc(C(F)(F)F)c1)CC(=O)NC(C)C. The van der Waals surface area contributed by atoms with Gasteiger partial charge in [-0.25, -0.2) is 0 Å². The van der Waals surface area contributed by atoms with Gasteiger partial charge in [0.1, 0.15) is 0 Å². The van der Waals surface area contributed by atoms with Crippen LogP contribution >= 0.6 is 0 Å². The number of halogens is 3. The first-order chi connectivity index (χ1) is 11.1. The number of carbonyl (C=O) groups excluding carboxylic acids is 2. The molecular formula is C16H22F3N3O2. The molecule has 8 heteroatoms. The molecule has 0 fully saturated rings. The molecule has 0 aliphatic rings. The first-order valence-electron chi connectivity index (χ1n) is 7.60. The Bertz CT molecular complexity index is 574. The van der Waals surface area contributed by atoms with Crippen LogP contribution in [0.3, 0.4) is 0 Å². The van der Waals surface area contributed by atoms with E-state index in [0.29, 0.717) is 6.54 Å². The summed E-state index contributed by atoms with van der Waals surface area (Å²) in [7, 11) is 0. The predicted molar refractivity (Wildman–Crippen MR) is 85.5 cm³/mol. The van der Waals surface area contributed by atoms with Crippen molar-refractivity contribution >= 4 is 17.5 Å². The molecule has 24 heavy (non-hydrogen) atoms. The Morgan fingerprint density at radius 1 is 1.17 bits per heavy atom. The lowest BCUT2D eigenvalue weighted by atomic mass is 10.2. The third-order valence-corrected chi connectivity index (χ3v) is 3.10. The molecular weight excluding hydrogens is 323 g/mol. The van der Waals surface area contributed by atoms with Crippen LogP contribution in [0.25, 0.3) is 0 Å². The first kappa shape index (κ1) is 20.0. The molecule has 0 aliphatic carbocycles. The lowest BCUT2D eigenvalue weighted by Crippen LogP contribution is -2.42. The third kappa shape index (κ3) is 6.99. The second-order valence-corrected chi connectivity index (χ2v) is 5.65. The summed E-state index contributed by atoms with van der Waals surface area (Å²) in [6, 6.07) is 4.42. The summed E-state index contributed by atoms with van der Waals surface area (Å²) in [5.74, 6) is -0.688. The molecule has 0 radical (unpaired) electrons. The maximum atomic E-state index is 12.7. The van der Waals surface area contributed by atoms with Gasteiger partial charge in [-0.1, -0.05) is 13.0 Å². The summed E-state index contributed by atoms with van der Waals surface area (Å²) in [6.07, 6.45) is -4.47. The monoisotopic (exact) mass is 345 g/mol. The van der Waals surface area contributed by atoms with E-state index in [4.69, 9.17) is 0 Å². The maximum Gasteiger partial charge on any atom is 0.416 e. The van der Waals surface area contributed by atoms with Gasteiger partial charge in [0.15, 0.2) is 0 Å². The van der Waals surface area contributed by atoms with Crippen molar-refractivity contribution in [3.8, 4) is 0 Å². The average molecular weight is 345 g/mol. The van der Waals surface area contributed by atoms with E-state index in [1.165, 1.54) is 12.1 Å². The minimum atomic E-state index is -4.47. The van der Waals surface area contributed by atoms with Crippen molar-refractivity contribution in [3.63, 3.8) is 0 Å². The van der Waals surface area contributed by atoms with E-state index in [-0.39, 0.29) is 30.7 Å². The van der Waals surface area contributed by atoms with E-state index in [9.17, 15) is 22.8 Å². The van der Waals surface area contributed by atoms with E-state index in [1.54, 1.807) is 11.8 Å². The van der Waals surface area contributed by atoms with Gasteiger partial charge in [0.25, 0.3) is 0 Å². The Labute approximate surface area is 139 Å². The lowest BCUT2D eigenvalue weighted by Gasteiger charge is -2.20. The molecule has 0 atom stereocenters. The Balaban J connectivity index is 2.62. The van der Waals surface area contributed by atoms with Crippen LogP contribution in [0.5, 0.6) is 0 Å². The average Bonchev–Trinajstić information content (AvgIpc) is 2.44. The maximum absolute atomic E-state index is 12.7. The van der Waals surface area contributed by atoms with Gasteiger partial charge in [-0.2, -0.15) is 13.2 Å². The number of anilines is 1. The standard InChI is InChI=1S/C16H22F3N3O2/c1-4-22(9-14(23)20-11(2)3)10-15(24)21-13-7-5-6-12(8-13)16(17,18)19/h5-8,11H,4,9-10H2,1-3H3,(H,20,23)(H,21,24). The van der Waals surface area contributed by atoms with E-state index in [0.717, 1.165) is 12.1 Å². The molecule has 0 aliphatic heterocycles. The van der Waals surface area contributed by atoms with Crippen LogP contribution in [0.4, 0.5) is 18.9 Å². The molecule has 0 heterocycles. The fraction of sp³-hybridized carbons (Fsp3) is 0.500. The summed E-state index contributed by atoms with van der Waals surface area (Å²) in [5, 5.41) is 5.14. The highest BCUT2D eigenvalue weighted by Gasteiger charge is 2.30. The third-order valence-electron chi connectivity index (χ3n) is 3.10. The van der Waals surface area contributed by atoms with Crippen LogP contribution in [-0.2, 0) is 15.8 Å². The zero-order valence-electron chi connectivity index (χ0n) is 13.9. The van der Waals surface area contributed by atoms with Crippen molar-refractivity contribution in [2.45, 2.75) is 33.0 Å². The van der Waals surface area contributed by atoms with Crippen molar-refractivity contribution < 1.29 is 22.8 Å². The van der Waals surface area contributed by atoms with E-state index >= 15 is 0 Å². The quantitative estimate of drug-likeness (QED) is 0.798. The van der Waals surface area contributed by atoms with Crippen LogP contribution in [0, 0.1) is 0 Å². The van der Waals surface area contributed by atoms with Crippen molar-refractivity contribution in [2.75, 3.05) is 25.0 Å². The summed E-state index contributed by atoms with van der Waals surface area (Å²) < 4.78 is 38.0. The molecule has 1 rings (SSSR count). The van der Waals surface area contributed by atoms with Gasteiger partial charge >= 0.3 is 6.18 Å². The van der Waals surface area contributed by atoms with Crippen molar-refractivity contribution in [1.29, 1.82) is 0 Å². The fourth-order valence-corrected chi connectivity index (χ4v) is 2.03. The predicted octanol–water partition coefficient (Wildman–Crippen LogP) is 2.49. The number of nitrogens with zero attached hydrogens (tertiary/aromatic N) is 1. The fourth-order valence-electron chi connectivity index (χ4n) is 2.03. The number of likely N-dealkylation sites (N-methyl/N-ethyl adjacent to an activating group) is 1. The molecule has 0 saturated heterocycles. The van der Waals surface area contributed by atoms with Gasteiger partial charge in [-0.05, 0) is 38.6 Å². The van der Waals surface area contributed by atoms with Gasteiger partial charge in [-0.15, -0.1) is 0 Å². The molecule has 0 aromatic heterocycles. The van der Waals surface area contributed by atoms with Crippen molar-refractivity contribution in [1.82, 2.24) is 10.2 Å². The summed E-state index contributed by atoms with van der Waals surface area (Å²) in [4.78, 5) is 25.3. The topological polar surface area (TPSA) is 61.4 Å². The number of hydrogen-bond donors (Lipinski definition) is 2. The Hall–Kier alpha value is -2.09.